The molecule has 2 rings (SSSR count). The van der Waals surface area contributed by atoms with E-state index in [1.165, 1.54) is 0 Å². The van der Waals surface area contributed by atoms with Crippen molar-refractivity contribution in [3.63, 3.8) is 0 Å². The summed E-state index contributed by atoms with van der Waals surface area (Å²) in [5, 5.41) is 0. The lowest BCUT2D eigenvalue weighted by Gasteiger charge is -2.24. The van der Waals surface area contributed by atoms with Crippen molar-refractivity contribution in [1.29, 1.82) is 0 Å². The van der Waals surface area contributed by atoms with Crippen LogP contribution in [0.5, 0.6) is 0 Å². The normalized spacial score (nSPS) is 36.0. The smallest absolute Gasteiger partial charge is 0.306 e. The van der Waals surface area contributed by atoms with Gasteiger partial charge in [-0.1, -0.05) is 27.7 Å². The van der Waals surface area contributed by atoms with Crippen molar-refractivity contribution < 1.29 is 19.1 Å². The lowest BCUT2D eigenvalue weighted by atomic mass is 9.92. The first-order chi connectivity index (χ1) is 8.40. The minimum absolute atomic E-state index is 0.0411. The SMILES string of the molecule is CC1COC(=O)CC1C.CC1COC(=O)CC1C. The average Bonchev–Trinajstić information content (AvgIpc) is 2.30. The number of ether oxygens (including phenoxy) is 2. The number of carbonyl (C=O) groups is 2. The average molecular weight is 256 g/mol. The van der Waals surface area contributed by atoms with Crippen LogP contribution in [0.3, 0.4) is 0 Å². The Morgan fingerprint density at radius 2 is 1.06 bits per heavy atom. The molecule has 2 fully saturated rings. The van der Waals surface area contributed by atoms with E-state index in [1.54, 1.807) is 0 Å². The predicted octanol–water partition coefficient (Wildman–Crippen LogP) is 2.41. The Bertz CT molecular complexity index is 270. The van der Waals surface area contributed by atoms with Gasteiger partial charge < -0.3 is 9.47 Å². The molecule has 0 saturated carbocycles. The molecule has 4 nitrogen and oxygen atoms in total. The molecule has 0 aromatic carbocycles. The van der Waals surface area contributed by atoms with Crippen molar-refractivity contribution in [2.24, 2.45) is 23.7 Å². The van der Waals surface area contributed by atoms with Crippen molar-refractivity contribution in [1.82, 2.24) is 0 Å². The summed E-state index contributed by atoms with van der Waals surface area (Å²) in [5.41, 5.74) is 0. The highest BCUT2D eigenvalue weighted by atomic mass is 16.5. The second-order valence-corrected chi connectivity index (χ2v) is 5.68. The second-order valence-electron chi connectivity index (χ2n) is 5.68. The number of esters is 2. The molecule has 2 heterocycles. The quantitative estimate of drug-likeness (QED) is 0.625. The fraction of sp³-hybridized carbons (Fsp3) is 0.857. The van der Waals surface area contributed by atoms with Gasteiger partial charge in [-0.3, -0.25) is 9.59 Å². The summed E-state index contributed by atoms with van der Waals surface area (Å²) in [5.74, 6) is 2.02. The molecule has 0 bridgehead atoms. The molecular formula is C14H24O4. The van der Waals surface area contributed by atoms with Crippen LogP contribution < -0.4 is 0 Å². The number of hydrogen-bond acceptors (Lipinski definition) is 4. The van der Waals surface area contributed by atoms with Crippen LogP contribution in [0.4, 0.5) is 0 Å². The van der Waals surface area contributed by atoms with E-state index in [4.69, 9.17) is 9.47 Å². The molecule has 0 spiro atoms. The van der Waals surface area contributed by atoms with Gasteiger partial charge in [0.05, 0.1) is 13.2 Å². The molecule has 18 heavy (non-hydrogen) atoms. The zero-order chi connectivity index (χ0) is 13.7. The molecule has 2 aliphatic heterocycles. The van der Waals surface area contributed by atoms with E-state index < -0.39 is 0 Å². The monoisotopic (exact) mass is 256 g/mol. The summed E-state index contributed by atoms with van der Waals surface area (Å²) >= 11 is 0. The third kappa shape index (κ3) is 4.67. The van der Waals surface area contributed by atoms with E-state index in [1.807, 2.05) is 0 Å². The summed E-state index contributed by atoms with van der Waals surface area (Å²) in [6, 6.07) is 0. The lowest BCUT2D eigenvalue weighted by Crippen LogP contribution is -2.26. The Hall–Kier alpha value is -1.06. The molecule has 4 unspecified atom stereocenters. The number of rotatable bonds is 0. The molecule has 2 aliphatic rings. The van der Waals surface area contributed by atoms with Crippen LogP contribution in [0.25, 0.3) is 0 Å². The van der Waals surface area contributed by atoms with E-state index in [9.17, 15) is 9.59 Å². The maximum atomic E-state index is 10.6. The van der Waals surface area contributed by atoms with Gasteiger partial charge in [0.15, 0.2) is 0 Å². The molecule has 0 amide bonds. The van der Waals surface area contributed by atoms with Gasteiger partial charge in [0.25, 0.3) is 0 Å². The van der Waals surface area contributed by atoms with E-state index >= 15 is 0 Å². The van der Waals surface area contributed by atoms with E-state index in [2.05, 4.69) is 27.7 Å². The van der Waals surface area contributed by atoms with E-state index in [0.717, 1.165) is 0 Å². The molecule has 0 aromatic rings. The zero-order valence-corrected chi connectivity index (χ0v) is 11.8. The van der Waals surface area contributed by atoms with Gasteiger partial charge in [-0.15, -0.1) is 0 Å². The van der Waals surface area contributed by atoms with Crippen LogP contribution >= 0.6 is 0 Å². The highest BCUT2D eigenvalue weighted by Crippen LogP contribution is 2.21. The van der Waals surface area contributed by atoms with E-state index in [0.29, 0.717) is 49.7 Å². The Labute approximate surface area is 109 Å². The minimum Gasteiger partial charge on any atom is -0.465 e. The molecular weight excluding hydrogens is 232 g/mol. The van der Waals surface area contributed by atoms with Gasteiger partial charge in [0.1, 0.15) is 0 Å². The Morgan fingerprint density at radius 3 is 1.28 bits per heavy atom. The Kier molecular flexibility index (Phi) is 5.63. The van der Waals surface area contributed by atoms with Crippen LogP contribution in [0, 0.1) is 23.7 Å². The lowest BCUT2D eigenvalue weighted by molar-refractivity contribution is -0.152. The van der Waals surface area contributed by atoms with Gasteiger partial charge in [-0.2, -0.15) is 0 Å². The highest BCUT2D eigenvalue weighted by molar-refractivity contribution is 5.70. The first kappa shape index (κ1) is 15.0. The molecule has 104 valence electrons. The Balaban J connectivity index is 0.000000180. The predicted molar refractivity (Wildman–Crippen MR) is 67.8 cm³/mol. The van der Waals surface area contributed by atoms with Crippen LogP contribution in [-0.2, 0) is 19.1 Å². The minimum atomic E-state index is -0.0411. The van der Waals surface area contributed by atoms with Gasteiger partial charge in [-0.25, -0.2) is 0 Å². The van der Waals surface area contributed by atoms with Crippen molar-refractivity contribution >= 4 is 11.9 Å². The Morgan fingerprint density at radius 1 is 0.722 bits per heavy atom. The maximum absolute atomic E-state index is 10.6. The first-order valence-electron chi connectivity index (χ1n) is 6.71. The van der Waals surface area contributed by atoms with Crippen LogP contribution in [0.15, 0.2) is 0 Å². The topological polar surface area (TPSA) is 52.6 Å². The second kappa shape index (κ2) is 6.76. The first-order valence-corrected chi connectivity index (χ1v) is 6.71. The molecule has 2 saturated heterocycles. The fourth-order valence-corrected chi connectivity index (χ4v) is 1.82. The van der Waals surface area contributed by atoms with Gasteiger partial charge in [0, 0.05) is 12.8 Å². The third-order valence-corrected chi connectivity index (χ3v) is 3.93. The third-order valence-electron chi connectivity index (χ3n) is 3.93. The van der Waals surface area contributed by atoms with Crippen LogP contribution in [-0.4, -0.2) is 25.2 Å². The summed E-state index contributed by atoms with van der Waals surface area (Å²) in [6.07, 6.45) is 1.20. The van der Waals surface area contributed by atoms with Crippen LogP contribution in [0.1, 0.15) is 40.5 Å². The van der Waals surface area contributed by atoms with E-state index in [-0.39, 0.29) is 11.9 Å². The summed E-state index contributed by atoms with van der Waals surface area (Å²) in [6.45, 7) is 9.62. The highest BCUT2D eigenvalue weighted by Gasteiger charge is 2.23. The molecule has 4 atom stereocenters. The van der Waals surface area contributed by atoms with Gasteiger partial charge >= 0.3 is 11.9 Å². The molecule has 0 radical (unpaired) electrons. The fourth-order valence-electron chi connectivity index (χ4n) is 1.82. The standard InChI is InChI=1S/2C7H12O2/c2*1-5-3-7(8)9-4-6(5)2/h2*5-6H,3-4H2,1-2H3. The van der Waals surface area contributed by atoms with Crippen molar-refractivity contribution in [2.75, 3.05) is 13.2 Å². The number of hydrogen-bond donors (Lipinski definition) is 0. The number of cyclic esters (lactones) is 2. The van der Waals surface area contributed by atoms with Gasteiger partial charge in [0.2, 0.25) is 0 Å². The zero-order valence-electron chi connectivity index (χ0n) is 11.8. The molecule has 4 heteroatoms. The molecule has 0 aliphatic carbocycles. The largest absolute Gasteiger partial charge is 0.465 e. The molecule has 0 N–H and O–H groups in total. The van der Waals surface area contributed by atoms with Crippen molar-refractivity contribution in [3.8, 4) is 0 Å². The van der Waals surface area contributed by atoms with Crippen LogP contribution in [0.2, 0.25) is 0 Å². The molecule has 0 aromatic heterocycles. The maximum Gasteiger partial charge on any atom is 0.306 e. The summed E-state index contributed by atoms with van der Waals surface area (Å²) in [7, 11) is 0. The van der Waals surface area contributed by atoms with Gasteiger partial charge in [-0.05, 0) is 23.7 Å². The van der Waals surface area contributed by atoms with Crippen molar-refractivity contribution in [2.45, 2.75) is 40.5 Å². The number of carbonyl (C=O) groups excluding carboxylic acids is 2. The summed E-state index contributed by atoms with van der Waals surface area (Å²) in [4.78, 5) is 21.2. The summed E-state index contributed by atoms with van der Waals surface area (Å²) < 4.78 is 9.64. The van der Waals surface area contributed by atoms with Crippen molar-refractivity contribution in [3.05, 3.63) is 0 Å².